The molecule has 3 aromatic rings. The maximum atomic E-state index is 4.71. The van der Waals surface area contributed by atoms with Crippen LogP contribution in [0.25, 0.3) is 0 Å². The van der Waals surface area contributed by atoms with E-state index >= 15 is 0 Å². The second kappa shape index (κ2) is 6.49. The highest BCUT2D eigenvalue weighted by Crippen LogP contribution is 2.28. The average Bonchev–Trinajstić information content (AvgIpc) is 3.20. The van der Waals surface area contributed by atoms with Crippen molar-refractivity contribution >= 4 is 11.3 Å². The van der Waals surface area contributed by atoms with E-state index in [1.54, 1.807) is 24.0 Å². The van der Waals surface area contributed by atoms with Gasteiger partial charge in [-0.2, -0.15) is 0 Å². The smallest absolute Gasteiger partial charge is 0.139 e. The summed E-state index contributed by atoms with van der Waals surface area (Å²) in [6, 6.07) is 2.52. The molecule has 3 rings (SSSR count). The van der Waals surface area contributed by atoms with Gasteiger partial charge in [-0.1, -0.05) is 0 Å². The summed E-state index contributed by atoms with van der Waals surface area (Å²) in [5, 5.41) is 8.94. The molecule has 6 nitrogen and oxygen atoms in total. The molecule has 0 radical (unpaired) electrons. The fourth-order valence-corrected chi connectivity index (χ4v) is 4.09. The monoisotopic (exact) mass is 344 g/mol. The van der Waals surface area contributed by atoms with E-state index in [4.69, 9.17) is 4.98 Å². The van der Waals surface area contributed by atoms with Crippen LogP contribution in [-0.2, 0) is 6.54 Å². The molecular weight excluding hydrogens is 320 g/mol. The van der Waals surface area contributed by atoms with E-state index in [9.17, 15) is 0 Å². The molecule has 7 heteroatoms. The Morgan fingerprint density at radius 1 is 1.17 bits per heavy atom. The zero-order valence-electron chi connectivity index (χ0n) is 15.1. The number of hydrogen-bond acceptors (Lipinski definition) is 5. The predicted octanol–water partition coefficient (Wildman–Crippen LogP) is 3.27. The summed E-state index contributed by atoms with van der Waals surface area (Å²) >= 11 is 1.77. The Morgan fingerprint density at radius 2 is 1.83 bits per heavy atom. The van der Waals surface area contributed by atoms with Gasteiger partial charge < -0.3 is 0 Å². The minimum absolute atomic E-state index is 0.285. The molecule has 0 amide bonds. The van der Waals surface area contributed by atoms with Gasteiger partial charge in [0.05, 0.1) is 16.7 Å². The third-order valence-electron chi connectivity index (χ3n) is 4.55. The van der Waals surface area contributed by atoms with Crippen LogP contribution in [0.1, 0.15) is 45.5 Å². The van der Waals surface area contributed by atoms with E-state index in [1.807, 2.05) is 4.68 Å². The van der Waals surface area contributed by atoms with Gasteiger partial charge in [-0.3, -0.25) is 9.58 Å². The Morgan fingerprint density at radius 3 is 2.42 bits per heavy atom. The lowest BCUT2D eigenvalue weighted by Crippen LogP contribution is -2.23. The van der Waals surface area contributed by atoms with Crippen LogP contribution >= 0.6 is 11.3 Å². The van der Waals surface area contributed by atoms with Crippen LogP contribution in [0.4, 0.5) is 0 Å². The molecule has 0 saturated carbocycles. The van der Waals surface area contributed by atoms with Crippen molar-refractivity contribution in [3.05, 3.63) is 51.3 Å². The largest absolute Gasteiger partial charge is 0.294 e. The van der Waals surface area contributed by atoms with Crippen LogP contribution in [-0.4, -0.2) is 36.5 Å². The highest BCUT2D eigenvalue weighted by atomic mass is 32.1. The quantitative estimate of drug-likeness (QED) is 0.713. The molecule has 24 heavy (non-hydrogen) atoms. The van der Waals surface area contributed by atoms with Crippen molar-refractivity contribution in [2.24, 2.45) is 0 Å². The number of thiazole rings is 1. The van der Waals surface area contributed by atoms with E-state index in [0.717, 1.165) is 11.6 Å². The van der Waals surface area contributed by atoms with Gasteiger partial charge >= 0.3 is 0 Å². The van der Waals surface area contributed by atoms with E-state index in [0.29, 0.717) is 0 Å². The van der Waals surface area contributed by atoms with Gasteiger partial charge in [-0.25, -0.2) is 9.66 Å². The normalized spacial score (nSPS) is 13.0. The molecule has 0 bridgehead atoms. The van der Waals surface area contributed by atoms with Crippen LogP contribution < -0.4 is 0 Å². The fraction of sp³-hybridized carbons (Fsp3) is 0.471. The van der Waals surface area contributed by atoms with Crippen LogP contribution in [0.5, 0.6) is 0 Å². The van der Waals surface area contributed by atoms with Crippen LogP contribution in [0, 0.1) is 27.7 Å². The zero-order chi connectivity index (χ0) is 17.4. The first-order valence-corrected chi connectivity index (χ1v) is 8.87. The molecule has 0 unspecified atom stereocenters. The molecule has 3 aromatic heterocycles. The summed E-state index contributed by atoms with van der Waals surface area (Å²) in [6.45, 7) is 11.6. The van der Waals surface area contributed by atoms with Crippen molar-refractivity contribution < 1.29 is 0 Å². The Balaban J connectivity index is 1.83. The average molecular weight is 344 g/mol. The molecule has 0 spiro atoms. The highest BCUT2D eigenvalue weighted by Gasteiger charge is 2.20. The first kappa shape index (κ1) is 16.9. The Bertz CT molecular complexity index is 830. The first-order chi connectivity index (χ1) is 11.4. The molecule has 0 fully saturated rings. The van der Waals surface area contributed by atoms with Gasteiger partial charge in [0.25, 0.3) is 0 Å². The second-order valence-electron chi connectivity index (χ2n) is 6.32. The van der Waals surface area contributed by atoms with Gasteiger partial charge in [-0.05, 0) is 53.3 Å². The number of rotatable bonds is 5. The van der Waals surface area contributed by atoms with Crippen molar-refractivity contribution in [2.75, 3.05) is 7.05 Å². The molecule has 1 atom stereocenters. The van der Waals surface area contributed by atoms with E-state index in [2.05, 4.69) is 67.5 Å². The third kappa shape index (κ3) is 3.01. The van der Waals surface area contributed by atoms with E-state index in [1.165, 1.54) is 27.5 Å². The number of nitrogens with zero attached hydrogens (tertiary/aromatic N) is 6. The molecule has 0 aliphatic carbocycles. The summed E-state index contributed by atoms with van der Waals surface area (Å²) in [4.78, 5) is 8.36. The van der Waals surface area contributed by atoms with Gasteiger partial charge in [-0.15, -0.1) is 21.5 Å². The van der Waals surface area contributed by atoms with Crippen molar-refractivity contribution in [2.45, 2.75) is 47.2 Å². The molecular formula is C17H24N6S. The third-order valence-corrected chi connectivity index (χ3v) is 5.46. The van der Waals surface area contributed by atoms with Crippen molar-refractivity contribution in [3.63, 3.8) is 0 Å². The summed E-state index contributed by atoms with van der Waals surface area (Å²) in [6.07, 6.45) is 3.44. The molecule has 0 saturated heterocycles. The summed E-state index contributed by atoms with van der Waals surface area (Å²) in [7, 11) is 2.16. The van der Waals surface area contributed by atoms with Crippen molar-refractivity contribution in [1.82, 2.24) is 29.4 Å². The number of aryl methyl sites for hydroxylation is 3. The lowest BCUT2D eigenvalue weighted by molar-refractivity contribution is 0.248. The van der Waals surface area contributed by atoms with Gasteiger partial charge in [0.15, 0.2) is 0 Å². The predicted molar refractivity (Wildman–Crippen MR) is 96.2 cm³/mol. The van der Waals surface area contributed by atoms with E-state index in [-0.39, 0.29) is 6.04 Å². The lowest BCUT2D eigenvalue weighted by Gasteiger charge is -2.24. The molecule has 128 valence electrons. The maximum absolute atomic E-state index is 4.71. The fourth-order valence-electron chi connectivity index (χ4n) is 3.18. The van der Waals surface area contributed by atoms with Gasteiger partial charge in [0, 0.05) is 22.8 Å². The molecule has 0 N–H and O–H groups in total. The Kier molecular flexibility index (Phi) is 4.56. The van der Waals surface area contributed by atoms with Crippen LogP contribution in [0.2, 0.25) is 0 Å². The van der Waals surface area contributed by atoms with Gasteiger partial charge in [0.1, 0.15) is 12.7 Å². The summed E-state index contributed by atoms with van der Waals surface area (Å²) < 4.78 is 4.04. The molecule has 0 aliphatic rings. The SMILES string of the molecule is Cc1nc([C@H](C)N(C)Cc2cc(C)n(-n3cnnc3)c2C)c(C)s1. The van der Waals surface area contributed by atoms with Crippen molar-refractivity contribution in [1.29, 1.82) is 0 Å². The standard InChI is InChI=1S/C17H24N6S/c1-11-7-16(12(2)23(11)22-9-18-19-10-22)8-21(6)13(3)17-14(4)24-15(5)20-17/h7,9-10,13H,8H2,1-6H3/t13-/m0/s1. The maximum Gasteiger partial charge on any atom is 0.139 e. The Hall–Kier alpha value is -1.99. The number of hydrogen-bond donors (Lipinski definition) is 0. The first-order valence-electron chi connectivity index (χ1n) is 8.05. The van der Waals surface area contributed by atoms with E-state index < -0.39 is 0 Å². The second-order valence-corrected chi connectivity index (χ2v) is 7.72. The summed E-state index contributed by atoms with van der Waals surface area (Å²) in [5.74, 6) is 0. The molecule has 0 aromatic carbocycles. The van der Waals surface area contributed by atoms with Crippen LogP contribution in [0.15, 0.2) is 18.7 Å². The molecule has 3 heterocycles. The topological polar surface area (TPSA) is 51.8 Å². The lowest BCUT2D eigenvalue weighted by atomic mass is 10.1. The zero-order valence-corrected chi connectivity index (χ0v) is 15.9. The number of aromatic nitrogens is 5. The highest BCUT2D eigenvalue weighted by molar-refractivity contribution is 7.11. The minimum atomic E-state index is 0.285. The molecule has 0 aliphatic heterocycles. The van der Waals surface area contributed by atoms with Crippen molar-refractivity contribution in [3.8, 4) is 0 Å². The Labute approximate surface area is 146 Å². The minimum Gasteiger partial charge on any atom is -0.294 e. The summed E-state index contributed by atoms with van der Waals surface area (Å²) in [5.41, 5.74) is 4.87. The van der Waals surface area contributed by atoms with Crippen LogP contribution in [0.3, 0.4) is 0 Å². The van der Waals surface area contributed by atoms with Gasteiger partial charge in [0.2, 0.25) is 0 Å².